The third-order valence-electron chi connectivity index (χ3n) is 1.68. The van der Waals surface area contributed by atoms with Crippen LogP contribution in [0.1, 0.15) is 10.5 Å². The number of aromatic amines is 2. The topological polar surface area (TPSA) is 98.8 Å². The van der Waals surface area contributed by atoms with Gasteiger partial charge in [-0.2, -0.15) is 0 Å². The molecule has 6 heteroatoms. The molecule has 6 nitrogen and oxygen atoms in total. The van der Waals surface area contributed by atoms with Gasteiger partial charge in [0.2, 0.25) is 0 Å². The lowest BCUT2D eigenvalue weighted by atomic mass is 10.3. The first-order chi connectivity index (χ1) is 6.18. The summed E-state index contributed by atoms with van der Waals surface area (Å²) in [6.07, 6.45) is 1.30. The molecule has 0 radical (unpaired) electrons. The van der Waals surface area contributed by atoms with Crippen molar-refractivity contribution in [1.29, 1.82) is 0 Å². The van der Waals surface area contributed by atoms with Gasteiger partial charge in [0.05, 0.1) is 17.1 Å². The molecule has 0 saturated heterocycles. The number of aromatic nitrogens is 3. The average Bonchev–Trinajstić information content (AvgIpc) is 2.47. The lowest BCUT2D eigenvalue weighted by molar-refractivity contribution is 0.0691. The van der Waals surface area contributed by atoms with Crippen LogP contribution in [0.2, 0.25) is 0 Å². The van der Waals surface area contributed by atoms with E-state index in [1.54, 1.807) is 0 Å². The summed E-state index contributed by atoms with van der Waals surface area (Å²) in [5.41, 5.74) is 0.00694. The average molecular weight is 179 g/mol. The van der Waals surface area contributed by atoms with E-state index in [0.717, 1.165) is 0 Å². The summed E-state index contributed by atoms with van der Waals surface area (Å²) in [5, 5.41) is 13.8. The number of fused-ring (bicyclic) bond motifs is 1. The molecule has 0 saturated carbocycles. The molecule has 0 unspecified atom stereocenters. The van der Waals surface area contributed by atoms with Crippen LogP contribution >= 0.6 is 0 Å². The quantitative estimate of drug-likeness (QED) is 0.571. The van der Waals surface area contributed by atoms with Crippen LogP contribution in [0.25, 0.3) is 10.9 Å². The molecule has 13 heavy (non-hydrogen) atoms. The van der Waals surface area contributed by atoms with E-state index in [4.69, 9.17) is 5.11 Å². The minimum atomic E-state index is -1.15. The van der Waals surface area contributed by atoms with Crippen molar-refractivity contribution >= 4 is 16.9 Å². The Bertz CT molecular complexity index is 525. The van der Waals surface area contributed by atoms with Gasteiger partial charge in [-0.1, -0.05) is 0 Å². The van der Waals surface area contributed by atoms with Crippen molar-refractivity contribution in [3.05, 3.63) is 28.3 Å². The lowest BCUT2D eigenvalue weighted by Crippen LogP contribution is -2.02. The van der Waals surface area contributed by atoms with Crippen LogP contribution in [0.3, 0.4) is 0 Å². The van der Waals surface area contributed by atoms with Gasteiger partial charge in [0.25, 0.3) is 5.56 Å². The van der Waals surface area contributed by atoms with Gasteiger partial charge in [-0.25, -0.2) is 9.78 Å². The van der Waals surface area contributed by atoms with Crippen molar-refractivity contribution in [2.75, 3.05) is 0 Å². The highest BCUT2D eigenvalue weighted by Gasteiger charge is 2.07. The Morgan fingerprint density at radius 1 is 1.46 bits per heavy atom. The number of H-pyrrole nitrogens is 2. The minimum Gasteiger partial charge on any atom is -0.477 e. The maximum Gasteiger partial charge on any atom is 0.354 e. The number of carbonyl (C=O) groups is 1. The molecule has 2 rings (SSSR count). The molecule has 0 bridgehead atoms. The Morgan fingerprint density at radius 2 is 2.23 bits per heavy atom. The van der Waals surface area contributed by atoms with Crippen molar-refractivity contribution in [3.63, 3.8) is 0 Å². The molecule has 2 aromatic rings. The van der Waals surface area contributed by atoms with Crippen LogP contribution in [0.15, 0.2) is 17.1 Å². The summed E-state index contributed by atoms with van der Waals surface area (Å²) in [6, 6.07) is 1.23. The minimum absolute atomic E-state index is 0.141. The molecule has 0 aliphatic rings. The first kappa shape index (κ1) is 7.53. The SMILES string of the molecule is O=C(O)c1cc2c(=O)[nH][nH]c2cn1. The zero-order chi connectivity index (χ0) is 9.42. The van der Waals surface area contributed by atoms with Crippen LogP contribution in [0.4, 0.5) is 0 Å². The van der Waals surface area contributed by atoms with Crippen LogP contribution in [0.5, 0.6) is 0 Å². The van der Waals surface area contributed by atoms with Crippen molar-refractivity contribution in [2.45, 2.75) is 0 Å². The lowest BCUT2D eigenvalue weighted by Gasteiger charge is -1.91. The smallest absolute Gasteiger partial charge is 0.354 e. The predicted molar refractivity (Wildman–Crippen MR) is 43.7 cm³/mol. The van der Waals surface area contributed by atoms with Gasteiger partial charge >= 0.3 is 5.97 Å². The van der Waals surface area contributed by atoms with Crippen molar-refractivity contribution in [1.82, 2.24) is 15.2 Å². The van der Waals surface area contributed by atoms with E-state index >= 15 is 0 Å². The fourth-order valence-corrected chi connectivity index (χ4v) is 1.05. The number of carboxylic acid groups (broad SMARTS) is 1. The van der Waals surface area contributed by atoms with Crippen molar-refractivity contribution in [3.8, 4) is 0 Å². The summed E-state index contributed by atoms with van der Waals surface area (Å²) in [6.45, 7) is 0. The fourth-order valence-electron chi connectivity index (χ4n) is 1.05. The van der Waals surface area contributed by atoms with Crippen LogP contribution < -0.4 is 5.56 Å². The van der Waals surface area contributed by atoms with Gasteiger partial charge in [0, 0.05) is 0 Å². The molecule has 0 aliphatic carbocycles. The number of nitrogens with zero attached hydrogens (tertiary/aromatic N) is 1. The standard InChI is InChI=1S/C7H5N3O3/c11-6-3-1-4(7(12)13)8-2-5(3)9-10-6/h1-2H,(H,12,13)(H2,9,10,11). The van der Waals surface area contributed by atoms with Crippen molar-refractivity contribution < 1.29 is 9.90 Å². The van der Waals surface area contributed by atoms with Gasteiger partial charge in [0.15, 0.2) is 0 Å². The molecule has 3 N–H and O–H groups in total. The summed E-state index contributed by atoms with van der Waals surface area (Å²) in [4.78, 5) is 25.2. The Hall–Kier alpha value is -2.11. The molecule has 0 aliphatic heterocycles. The zero-order valence-electron chi connectivity index (χ0n) is 6.37. The number of aromatic carboxylic acids is 1. The second-order valence-corrected chi connectivity index (χ2v) is 2.50. The van der Waals surface area contributed by atoms with E-state index < -0.39 is 5.97 Å². The molecule has 2 aromatic heterocycles. The molecule has 0 aromatic carbocycles. The number of rotatable bonds is 1. The first-order valence-corrected chi connectivity index (χ1v) is 3.48. The van der Waals surface area contributed by atoms with E-state index in [0.29, 0.717) is 10.9 Å². The van der Waals surface area contributed by atoms with E-state index in [9.17, 15) is 9.59 Å². The number of hydrogen-bond acceptors (Lipinski definition) is 3. The van der Waals surface area contributed by atoms with Gasteiger partial charge in [-0.3, -0.25) is 15.0 Å². The van der Waals surface area contributed by atoms with Gasteiger partial charge in [-0.05, 0) is 6.07 Å². The fraction of sp³-hybridized carbons (Fsp3) is 0. The zero-order valence-corrected chi connectivity index (χ0v) is 6.37. The Kier molecular flexibility index (Phi) is 1.42. The predicted octanol–water partition coefficient (Wildman–Crippen LogP) is -0.0506. The summed E-state index contributed by atoms with van der Waals surface area (Å²) in [7, 11) is 0. The van der Waals surface area contributed by atoms with Crippen LogP contribution in [-0.2, 0) is 0 Å². The van der Waals surface area contributed by atoms with Gasteiger partial charge in [-0.15, -0.1) is 0 Å². The number of hydrogen-bond donors (Lipinski definition) is 3. The summed E-state index contributed by atoms with van der Waals surface area (Å²) < 4.78 is 0. The van der Waals surface area contributed by atoms with Gasteiger partial charge < -0.3 is 5.11 Å². The largest absolute Gasteiger partial charge is 0.477 e. The maximum absolute atomic E-state index is 11.0. The first-order valence-electron chi connectivity index (χ1n) is 3.48. The van der Waals surface area contributed by atoms with E-state index in [1.807, 2.05) is 0 Å². The van der Waals surface area contributed by atoms with Crippen molar-refractivity contribution in [2.24, 2.45) is 0 Å². The summed E-state index contributed by atoms with van der Waals surface area (Å²) >= 11 is 0. The van der Waals surface area contributed by atoms with Crippen LogP contribution in [-0.4, -0.2) is 26.3 Å². The second-order valence-electron chi connectivity index (χ2n) is 2.50. The molecule has 66 valence electrons. The normalized spacial score (nSPS) is 10.5. The highest BCUT2D eigenvalue weighted by atomic mass is 16.4. The van der Waals surface area contributed by atoms with E-state index in [-0.39, 0.29) is 11.3 Å². The molecular formula is C7H5N3O3. The Balaban J connectivity index is 2.80. The number of carboxylic acids is 1. The molecular weight excluding hydrogens is 174 g/mol. The number of pyridine rings is 1. The van der Waals surface area contributed by atoms with Crippen LogP contribution in [0, 0.1) is 0 Å². The molecule has 0 atom stereocenters. The third-order valence-corrected chi connectivity index (χ3v) is 1.68. The van der Waals surface area contributed by atoms with E-state index in [2.05, 4.69) is 15.2 Å². The highest BCUT2D eigenvalue weighted by Crippen LogP contribution is 2.05. The monoisotopic (exact) mass is 179 g/mol. The Labute approximate surface area is 71.2 Å². The molecule has 0 spiro atoms. The van der Waals surface area contributed by atoms with E-state index in [1.165, 1.54) is 12.3 Å². The van der Waals surface area contributed by atoms with Gasteiger partial charge in [0.1, 0.15) is 5.69 Å². The molecule has 0 amide bonds. The molecule has 0 fully saturated rings. The Morgan fingerprint density at radius 3 is 2.92 bits per heavy atom. The maximum atomic E-state index is 11.0. The third kappa shape index (κ3) is 1.08. The highest BCUT2D eigenvalue weighted by molar-refractivity contribution is 5.90. The number of nitrogens with one attached hydrogen (secondary N) is 2. The molecule has 2 heterocycles. The second kappa shape index (κ2) is 2.44. The summed E-state index contributed by atoms with van der Waals surface area (Å²) in [5.74, 6) is -1.15.